The van der Waals surface area contributed by atoms with E-state index < -0.39 is 67.2 Å². The van der Waals surface area contributed by atoms with Crippen LogP contribution < -0.4 is 5.32 Å². The second-order valence-electron chi connectivity index (χ2n) is 5.50. The Balaban J connectivity index is 3.10. The Kier molecular flexibility index (Phi) is 7.54. The van der Waals surface area contributed by atoms with Gasteiger partial charge in [0, 0.05) is 27.3 Å². The number of alkyl halides is 3. The predicted molar refractivity (Wildman–Crippen MR) is 76.6 cm³/mol. The standard InChI is InChI=1S/C14H18F3NO9/c1-5(19)24-9-8(4-18-13(23)14(15,16)17)27-12(22)11(26-7(3)21)10(9)25-6(2)20/h8-12,22H,4H2,1-3H3,(H,18,23)/t8-,9+,10+,11-,12+/m1/s1. The van der Waals surface area contributed by atoms with Crippen LogP contribution in [0.5, 0.6) is 0 Å². The first-order valence-electron chi connectivity index (χ1n) is 7.53. The molecule has 0 radical (unpaired) electrons. The number of hydrogen-bond donors (Lipinski definition) is 2. The van der Waals surface area contributed by atoms with Crippen molar-refractivity contribution in [3.8, 4) is 0 Å². The maximum Gasteiger partial charge on any atom is 0.471 e. The SMILES string of the molecule is CC(=O)O[C@@H]1[C@@H](OC(C)=O)[C@@H](O)O[C@H](CNC(=O)C(F)(F)F)[C@@H]1OC(C)=O. The normalized spacial score (nSPS) is 28.0. The Hall–Kier alpha value is -2.41. The van der Waals surface area contributed by atoms with Crippen LogP contribution in [0.15, 0.2) is 0 Å². The molecule has 1 aliphatic rings. The van der Waals surface area contributed by atoms with Crippen molar-refractivity contribution >= 4 is 23.8 Å². The van der Waals surface area contributed by atoms with E-state index in [0.717, 1.165) is 20.8 Å². The molecule has 0 bridgehead atoms. The lowest BCUT2D eigenvalue weighted by Crippen LogP contribution is -2.63. The van der Waals surface area contributed by atoms with Gasteiger partial charge in [-0.25, -0.2) is 0 Å². The molecule has 0 saturated carbocycles. The van der Waals surface area contributed by atoms with Crippen LogP contribution >= 0.6 is 0 Å². The first kappa shape index (κ1) is 22.6. The number of esters is 3. The summed E-state index contributed by atoms with van der Waals surface area (Å²) >= 11 is 0. The molecule has 13 heteroatoms. The van der Waals surface area contributed by atoms with E-state index in [1.807, 2.05) is 0 Å². The average molecular weight is 401 g/mol. The molecule has 0 aromatic carbocycles. The fourth-order valence-corrected chi connectivity index (χ4v) is 2.33. The highest BCUT2D eigenvalue weighted by Gasteiger charge is 2.51. The largest absolute Gasteiger partial charge is 0.471 e. The van der Waals surface area contributed by atoms with Crippen molar-refractivity contribution in [2.24, 2.45) is 0 Å². The third kappa shape index (κ3) is 6.67. The fraction of sp³-hybridized carbons (Fsp3) is 0.714. The van der Waals surface area contributed by atoms with Gasteiger partial charge in [0.05, 0.1) is 0 Å². The Morgan fingerprint density at radius 3 is 1.81 bits per heavy atom. The third-order valence-electron chi connectivity index (χ3n) is 3.24. The summed E-state index contributed by atoms with van der Waals surface area (Å²) in [6, 6.07) is 0. The Morgan fingerprint density at radius 2 is 1.37 bits per heavy atom. The molecule has 154 valence electrons. The monoisotopic (exact) mass is 401 g/mol. The van der Waals surface area contributed by atoms with Gasteiger partial charge in [-0.15, -0.1) is 0 Å². The summed E-state index contributed by atoms with van der Waals surface area (Å²) in [5.41, 5.74) is 0. The van der Waals surface area contributed by atoms with Crippen LogP contribution in [0.4, 0.5) is 13.2 Å². The number of nitrogens with one attached hydrogen (secondary N) is 1. The Bertz CT molecular complexity index is 595. The van der Waals surface area contributed by atoms with Crippen LogP contribution in [0, 0.1) is 0 Å². The molecular weight excluding hydrogens is 383 g/mol. The lowest BCUT2D eigenvalue weighted by Gasteiger charge is -2.42. The van der Waals surface area contributed by atoms with E-state index in [1.165, 1.54) is 5.32 Å². The predicted octanol–water partition coefficient (Wildman–Crippen LogP) is -0.823. The van der Waals surface area contributed by atoms with Crippen LogP contribution in [0.25, 0.3) is 0 Å². The molecule has 1 amide bonds. The quantitative estimate of drug-likeness (QED) is 0.447. The molecule has 1 saturated heterocycles. The van der Waals surface area contributed by atoms with Gasteiger partial charge in [0.25, 0.3) is 0 Å². The zero-order chi connectivity index (χ0) is 20.9. The summed E-state index contributed by atoms with van der Waals surface area (Å²) < 4.78 is 56.6. The molecule has 1 fully saturated rings. The highest BCUT2D eigenvalue weighted by molar-refractivity contribution is 5.81. The van der Waals surface area contributed by atoms with Gasteiger partial charge >= 0.3 is 30.0 Å². The summed E-state index contributed by atoms with van der Waals surface area (Å²) in [6.07, 6.45) is -13.4. The first-order chi connectivity index (χ1) is 12.3. The zero-order valence-corrected chi connectivity index (χ0v) is 14.4. The molecule has 10 nitrogen and oxygen atoms in total. The Labute approximate surface area is 150 Å². The van der Waals surface area contributed by atoms with Gasteiger partial charge in [-0.3, -0.25) is 19.2 Å². The summed E-state index contributed by atoms with van der Waals surface area (Å²) in [5, 5.41) is 11.5. The molecule has 2 N–H and O–H groups in total. The average Bonchev–Trinajstić information content (AvgIpc) is 2.49. The summed E-state index contributed by atoms with van der Waals surface area (Å²) in [5.74, 6) is -5.04. The van der Waals surface area contributed by atoms with E-state index in [0.29, 0.717) is 0 Å². The molecule has 0 spiro atoms. The number of carbonyl (C=O) groups excluding carboxylic acids is 4. The molecule has 0 aliphatic carbocycles. The van der Waals surface area contributed by atoms with Gasteiger partial charge in [-0.2, -0.15) is 13.2 Å². The molecular formula is C14H18F3NO9. The molecule has 5 atom stereocenters. The molecule has 1 rings (SSSR count). The van der Waals surface area contributed by atoms with Crippen LogP contribution in [0.3, 0.4) is 0 Å². The number of ether oxygens (including phenoxy) is 4. The number of hydrogen-bond acceptors (Lipinski definition) is 9. The second kappa shape index (κ2) is 8.99. The fourth-order valence-electron chi connectivity index (χ4n) is 2.33. The molecule has 0 aromatic rings. The molecule has 1 aliphatic heterocycles. The topological polar surface area (TPSA) is 137 Å². The number of amides is 1. The number of aliphatic hydroxyl groups is 1. The summed E-state index contributed by atoms with van der Waals surface area (Å²) in [6.45, 7) is 2.06. The lowest BCUT2D eigenvalue weighted by molar-refractivity contribution is -0.290. The van der Waals surface area contributed by atoms with E-state index >= 15 is 0 Å². The highest BCUT2D eigenvalue weighted by Crippen LogP contribution is 2.28. The van der Waals surface area contributed by atoms with Crippen LogP contribution in [0.2, 0.25) is 0 Å². The van der Waals surface area contributed by atoms with Crippen LogP contribution in [0.1, 0.15) is 20.8 Å². The second-order valence-corrected chi connectivity index (χ2v) is 5.50. The van der Waals surface area contributed by atoms with Gasteiger partial charge in [-0.05, 0) is 0 Å². The van der Waals surface area contributed by atoms with E-state index in [1.54, 1.807) is 0 Å². The number of carbonyl (C=O) groups is 4. The third-order valence-corrected chi connectivity index (χ3v) is 3.24. The first-order valence-corrected chi connectivity index (χ1v) is 7.53. The van der Waals surface area contributed by atoms with Gasteiger partial charge in [0.1, 0.15) is 6.10 Å². The van der Waals surface area contributed by atoms with Crippen molar-refractivity contribution in [3.63, 3.8) is 0 Å². The van der Waals surface area contributed by atoms with Crippen molar-refractivity contribution in [1.82, 2.24) is 5.32 Å². The van der Waals surface area contributed by atoms with Gasteiger partial charge < -0.3 is 29.4 Å². The Morgan fingerprint density at radius 1 is 0.926 bits per heavy atom. The van der Waals surface area contributed by atoms with E-state index in [2.05, 4.69) is 0 Å². The van der Waals surface area contributed by atoms with Gasteiger partial charge in [-0.1, -0.05) is 0 Å². The van der Waals surface area contributed by atoms with Gasteiger partial charge in [0.2, 0.25) is 0 Å². The number of halogens is 3. The molecule has 0 unspecified atom stereocenters. The van der Waals surface area contributed by atoms with E-state index in [9.17, 15) is 37.5 Å². The van der Waals surface area contributed by atoms with Gasteiger partial charge in [0.15, 0.2) is 24.6 Å². The number of rotatable bonds is 5. The lowest BCUT2D eigenvalue weighted by atomic mass is 9.97. The minimum absolute atomic E-state index is 0.849. The van der Waals surface area contributed by atoms with Crippen molar-refractivity contribution in [2.45, 2.75) is 57.7 Å². The van der Waals surface area contributed by atoms with E-state index in [-0.39, 0.29) is 0 Å². The van der Waals surface area contributed by atoms with Crippen LogP contribution in [-0.4, -0.2) is 72.3 Å². The molecule has 1 heterocycles. The van der Waals surface area contributed by atoms with Crippen molar-refractivity contribution in [1.29, 1.82) is 0 Å². The van der Waals surface area contributed by atoms with Crippen molar-refractivity contribution < 1.29 is 56.4 Å². The van der Waals surface area contributed by atoms with Crippen molar-refractivity contribution in [2.75, 3.05) is 6.54 Å². The minimum Gasteiger partial charge on any atom is -0.456 e. The van der Waals surface area contributed by atoms with Crippen molar-refractivity contribution in [3.05, 3.63) is 0 Å². The summed E-state index contributed by atoms with van der Waals surface area (Å²) in [4.78, 5) is 44.9. The maximum atomic E-state index is 12.3. The highest BCUT2D eigenvalue weighted by atomic mass is 19.4. The molecule has 0 aromatic heterocycles. The summed E-state index contributed by atoms with van der Waals surface area (Å²) in [7, 11) is 0. The van der Waals surface area contributed by atoms with Crippen LogP contribution in [-0.2, 0) is 38.1 Å². The minimum atomic E-state index is -5.18. The smallest absolute Gasteiger partial charge is 0.456 e. The molecule has 27 heavy (non-hydrogen) atoms. The number of aliphatic hydroxyl groups excluding tert-OH is 1. The maximum absolute atomic E-state index is 12.3. The zero-order valence-electron chi connectivity index (χ0n) is 14.4. The van der Waals surface area contributed by atoms with E-state index in [4.69, 9.17) is 18.9 Å².